The van der Waals surface area contributed by atoms with E-state index in [0.29, 0.717) is 6.54 Å². The first-order chi connectivity index (χ1) is 21.5. The molecule has 0 aromatic heterocycles. The lowest BCUT2D eigenvalue weighted by Gasteiger charge is -2.34. The van der Waals surface area contributed by atoms with Crippen molar-refractivity contribution in [1.82, 2.24) is 10.2 Å². The smallest absolute Gasteiger partial charge is 0.264 e. The largest absolute Gasteiger partial charge is 0.354 e. The van der Waals surface area contributed by atoms with Crippen LogP contribution in [0.2, 0.25) is 10.0 Å². The molecule has 4 aromatic carbocycles. The van der Waals surface area contributed by atoms with Crippen LogP contribution in [0.1, 0.15) is 25.0 Å². The van der Waals surface area contributed by atoms with Crippen LogP contribution in [0.25, 0.3) is 0 Å². The summed E-state index contributed by atoms with van der Waals surface area (Å²) in [5.74, 6) is -0.746. The van der Waals surface area contributed by atoms with Crippen molar-refractivity contribution in [1.29, 1.82) is 0 Å². The van der Waals surface area contributed by atoms with Gasteiger partial charge in [0, 0.05) is 24.0 Å². The van der Waals surface area contributed by atoms with E-state index in [1.165, 1.54) is 29.2 Å². The lowest BCUT2D eigenvalue weighted by molar-refractivity contribution is -0.140. The highest BCUT2D eigenvalue weighted by Gasteiger charge is 2.35. The Kier molecular flexibility index (Phi) is 12.1. The average molecular weight is 732 g/mol. The van der Waals surface area contributed by atoms with E-state index in [4.69, 9.17) is 23.2 Å². The third-order valence-corrected chi connectivity index (χ3v) is 10.1. The van der Waals surface area contributed by atoms with Gasteiger partial charge in [-0.2, -0.15) is 0 Å². The Morgan fingerprint density at radius 3 is 2.07 bits per heavy atom. The number of halogens is 3. The van der Waals surface area contributed by atoms with Gasteiger partial charge < -0.3 is 10.2 Å². The van der Waals surface area contributed by atoms with E-state index in [0.717, 1.165) is 19.9 Å². The molecular weight excluding hydrogens is 697 g/mol. The summed E-state index contributed by atoms with van der Waals surface area (Å²) in [4.78, 5) is 29.8. The fourth-order valence-electron chi connectivity index (χ4n) is 4.68. The Labute approximate surface area is 283 Å². The molecule has 0 heterocycles. The van der Waals surface area contributed by atoms with Crippen LogP contribution < -0.4 is 9.62 Å². The Morgan fingerprint density at radius 2 is 1.44 bits per heavy atom. The Bertz CT molecular complexity index is 1710. The molecule has 236 valence electrons. The number of hydrogen-bond donors (Lipinski definition) is 1. The number of amides is 2. The van der Waals surface area contributed by atoms with Gasteiger partial charge in [0.25, 0.3) is 10.0 Å². The number of carbonyl (C=O) groups excluding carboxylic acids is 2. The zero-order valence-corrected chi connectivity index (χ0v) is 28.8. The minimum atomic E-state index is -4.29. The summed E-state index contributed by atoms with van der Waals surface area (Å²) in [5, 5.41) is 3.10. The maximum Gasteiger partial charge on any atom is 0.264 e. The van der Waals surface area contributed by atoms with Crippen molar-refractivity contribution in [2.24, 2.45) is 5.92 Å². The number of carbonyl (C=O) groups is 2. The highest BCUT2D eigenvalue weighted by atomic mass is 79.9. The van der Waals surface area contributed by atoms with Gasteiger partial charge in [0.15, 0.2) is 0 Å². The Balaban J connectivity index is 1.82. The standard InChI is InChI=1S/C34H34BrCl2N3O4S/c1-24(2)21-38-34(42)31(20-25-10-5-3-6-11-25)39(22-26-16-18-27(35)19-17-26)32(41)23-40(30-15-9-14-29(36)33(30)37)45(43,44)28-12-7-4-8-13-28/h3-19,24,31H,20-23H2,1-2H3,(H,38,42)/t31-/m1/s1. The van der Waals surface area contributed by atoms with Crippen LogP contribution in [0, 0.1) is 5.92 Å². The van der Waals surface area contributed by atoms with E-state index < -0.39 is 28.5 Å². The highest BCUT2D eigenvalue weighted by Crippen LogP contribution is 2.35. The van der Waals surface area contributed by atoms with Gasteiger partial charge in [0.1, 0.15) is 12.6 Å². The fourth-order valence-corrected chi connectivity index (χ4v) is 6.84. The molecule has 1 atom stereocenters. The monoisotopic (exact) mass is 729 g/mol. The lowest BCUT2D eigenvalue weighted by Crippen LogP contribution is -2.53. The van der Waals surface area contributed by atoms with Gasteiger partial charge in [-0.15, -0.1) is 0 Å². The second kappa shape index (κ2) is 15.8. The van der Waals surface area contributed by atoms with Gasteiger partial charge in [-0.05, 0) is 53.4 Å². The Morgan fingerprint density at radius 1 is 0.822 bits per heavy atom. The quantitative estimate of drug-likeness (QED) is 0.156. The molecule has 11 heteroatoms. The van der Waals surface area contributed by atoms with Crippen LogP contribution in [0.3, 0.4) is 0 Å². The van der Waals surface area contributed by atoms with Crippen LogP contribution in [-0.2, 0) is 32.6 Å². The maximum atomic E-state index is 14.5. The summed E-state index contributed by atoms with van der Waals surface area (Å²) < 4.78 is 30.0. The molecule has 0 saturated carbocycles. The minimum Gasteiger partial charge on any atom is -0.354 e. The summed E-state index contributed by atoms with van der Waals surface area (Å²) in [6, 6.07) is 28.2. The molecule has 0 bridgehead atoms. The third-order valence-electron chi connectivity index (χ3n) is 7.03. The molecule has 45 heavy (non-hydrogen) atoms. The van der Waals surface area contributed by atoms with E-state index in [1.807, 2.05) is 68.4 Å². The molecule has 0 spiro atoms. The van der Waals surface area contributed by atoms with Gasteiger partial charge in [0.05, 0.1) is 20.6 Å². The molecule has 0 aliphatic heterocycles. The summed E-state index contributed by atoms with van der Waals surface area (Å²) >= 11 is 16.3. The van der Waals surface area contributed by atoms with Crippen molar-refractivity contribution in [3.8, 4) is 0 Å². The topological polar surface area (TPSA) is 86.8 Å². The Hall–Kier alpha value is -3.37. The van der Waals surface area contributed by atoms with Crippen molar-refractivity contribution in [3.63, 3.8) is 0 Å². The molecule has 4 rings (SSSR count). The van der Waals surface area contributed by atoms with Crippen molar-refractivity contribution >= 4 is 66.7 Å². The van der Waals surface area contributed by atoms with Gasteiger partial charge >= 0.3 is 0 Å². The highest BCUT2D eigenvalue weighted by molar-refractivity contribution is 9.10. The van der Waals surface area contributed by atoms with E-state index >= 15 is 0 Å². The number of hydrogen-bond acceptors (Lipinski definition) is 4. The van der Waals surface area contributed by atoms with Crippen LogP contribution in [0.5, 0.6) is 0 Å². The first-order valence-corrected chi connectivity index (χ1v) is 17.3. The molecule has 7 nitrogen and oxygen atoms in total. The van der Waals surface area contributed by atoms with E-state index in [2.05, 4.69) is 21.2 Å². The van der Waals surface area contributed by atoms with Crippen molar-refractivity contribution in [2.75, 3.05) is 17.4 Å². The lowest BCUT2D eigenvalue weighted by atomic mass is 10.0. The normalized spacial score (nSPS) is 12.0. The van der Waals surface area contributed by atoms with Crippen molar-refractivity contribution in [2.45, 2.75) is 37.8 Å². The van der Waals surface area contributed by atoms with Crippen LogP contribution >= 0.6 is 39.1 Å². The molecule has 0 saturated heterocycles. The predicted octanol–water partition coefficient (Wildman–Crippen LogP) is 7.36. The zero-order chi connectivity index (χ0) is 32.6. The molecule has 0 aliphatic rings. The molecule has 0 unspecified atom stereocenters. The number of anilines is 1. The summed E-state index contributed by atoms with van der Waals surface area (Å²) in [6.45, 7) is 3.81. The van der Waals surface area contributed by atoms with Crippen LogP contribution in [0.15, 0.2) is 112 Å². The van der Waals surface area contributed by atoms with Crippen molar-refractivity contribution in [3.05, 3.63) is 129 Å². The van der Waals surface area contributed by atoms with Crippen molar-refractivity contribution < 1.29 is 18.0 Å². The fraction of sp³-hybridized carbons (Fsp3) is 0.235. The third kappa shape index (κ3) is 9.10. The molecular formula is C34H34BrCl2N3O4S. The molecule has 2 amide bonds. The predicted molar refractivity (Wildman–Crippen MR) is 184 cm³/mol. The molecule has 0 aliphatic carbocycles. The maximum absolute atomic E-state index is 14.5. The SMILES string of the molecule is CC(C)CNC(=O)[C@@H](Cc1ccccc1)N(Cc1ccc(Br)cc1)C(=O)CN(c1cccc(Cl)c1Cl)S(=O)(=O)c1ccccc1. The van der Waals surface area contributed by atoms with E-state index in [-0.39, 0.29) is 45.4 Å². The van der Waals surface area contributed by atoms with E-state index in [1.54, 1.807) is 24.3 Å². The molecule has 1 N–H and O–H groups in total. The van der Waals surface area contributed by atoms with Gasteiger partial charge in [-0.1, -0.05) is 120 Å². The number of nitrogens with one attached hydrogen (secondary N) is 1. The number of nitrogens with zero attached hydrogens (tertiary/aromatic N) is 2. The van der Waals surface area contributed by atoms with Gasteiger partial charge in [0.2, 0.25) is 11.8 Å². The summed E-state index contributed by atoms with van der Waals surface area (Å²) in [6.07, 6.45) is 0.219. The van der Waals surface area contributed by atoms with Gasteiger partial charge in [-0.25, -0.2) is 8.42 Å². The second-order valence-corrected chi connectivity index (χ2v) is 14.5. The number of benzene rings is 4. The second-order valence-electron chi connectivity index (χ2n) is 10.9. The first kappa shape index (κ1) is 34.5. The number of sulfonamides is 1. The van der Waals surface area contributed by atoms with Crippen LogP contribution in [-0.4, -0.2) is 44.3 Å². The molecule has 0 fully saturated rings. The molecule has 4 aromatic rings. The first-order valence-electron chi connectivity index (χ1n) is 14.3. The minimum absolute atomic E-state index is 0.0126. The summed E-state index contributed by atoms with van der Waals surface area (Å²) in [5.41, 5.74) is 1.66. The summed E-state index contributed by atoms with van der Waals surface area (Å²) in [7, 11) is -4.29. The molecule has 0 radical (unpaired) electrons. The zero-order valence-electron chi connectivity index (χ0n) is 24.9. The van der Waals surface area contributed by atoms with E-state index in [9.17, 15) is 18.0 Å². The van der Waals surface area contributed by atoms with Gasteiger partial charge in [-0.3, -0.25) is 13.9 Å². The number of rotatable bonds is 13. The van der Waals surface area contributed by atoms with Crippen LogP contribution in [0.4, 0.5) is 5.69 Å². The average Bonchev–Trinajstić information content (AvgIpc) is 3.03.